The normalized spacial score (nSPS) is 14.2. The highest BCUT2D eigenvalue weighted by Crippen LogP contribution is 2.30. The molecule has 3 aromatic carbocycles. The third-order valence-electron chi connectivity index (χ3n) is 5.50. The minimum atomic E-state index is -0.837. The largest absolute Gasteiger partial charge is 0.497 e. The predicted molar refractivity (Wildman–Crippen MR) is 148 cm³/mol. The number of halogens is 1. The first-order valence-electron chi connectivity index (χ1n) is 11.8. The number of nitrogens with zero attached hydrogens (tertiary/aromatic N) is 1. The molecule has 0 saturated carbocycles. The maximum absolute atomic E-state index is 13.1. The molecule has 11 heteroatoms. The molecule has 3 aromatic rings. The lowest BCUT2D eigenvalue weighted by Crippen LogP contribution is -2.54. The first kappa shape index (κ1) is 27.4. The van der Waals surface area contributed by atoms with Crippen molar-refractivity contribution in [3.63, 3.8) is 0 Å². The highest BCUT2D eigenvalue weighted by Gasteiger charge is 2.36. The summed E-state index contributed by atoms with van der Waals surface area (Å²) in [5.74, 6) is -0.674. The van der Waals surface area contributed by atoms with Crippen LogP contribution in [0, 0.1) is 0 Å². The molecule has 1 fully saturated rings. The number of ether oxygens (including phenoxy) is 3. The van der Waals surface area contributed by atoms with Gasteiger partial charge in [0.2, 0.25) is 0 Å². The molecular weight excluding hydrogens is 570 g/mol. The average molecular weight is 594 g/mol. The second kappa shape index (κ2) is 12.3. The van der Waals surface area contributed by atoms with E-state index in [1.54, 1.807) is 80.8 Å². The number of urea groups is 1. The zero-order valence-electron chi connectivity index (χ0n) is 21.0. The van der Waals surface area contributed by atoms with Crippen molar-refractivity contribution in [2.45, 2.75) is 6.92 Å². The van der Waals surface area contributed by atoms with Gasteiger partial charge in [0.15, 0.2) is 18.1 Å². The van der Waals surface area contributed by atoms with E-state index in [1.165, 1.54) is 6.08 Å². The van der Waals surface area contributed by atoms with Crippen molar-refractivity contribution >= 4 is 57.1 Å². The van der Waals surface area contributed by atoms with E-state index < -0.39 is 17.8 Å². The van der Waals surface area contributed by atoms with Gasteiger partial charge in [-0.3, -0.25) is 19.7 Å². The van der Waals surface area contributed by atoms with Crippen LogP contribution in [0.15, 0.2) is 76.8 Å². The molecule has 0 spiro atoms. The van der Waals surface area contributed by atoms with Crippen LogP contribution in [0.5, 0.6) is 17.2 Å². The quantitative estimate of drug-likeness (QED) is 0.276. The fourth-order valence-electron chi connectivity index (χ4n) is 3.67. The minimum absolute atomic E-state index is 0.229. The van der Waals surface area contributed by atoms with Gasteiger partial charge in [0.25, 0.3) is 17.7 Å². The number of amides is 5. The first-order valence-corrected chi connectivity index (χ1v) is 12.6. The Kier molecular flexibility index (Phi) is 8.62. The van der Waals surface area contributed by atoms with Gasteiger partial charge in [0, 0.05) is 10.2 Å². The summed E-state index contributed by atoms with van der Waals surface area (Å²) in [4.78, 5) is 51.3. The molecule has 1 aliphatic rings. The summed E-state index contributed by atoms with van der Waals surface area (Å²) in [6, 6.07) is 17.3. The van der Waals surface area contributed by atoms with Crippen LogP contribution in [0.3, 0.4) is 0 Å². The first-order chi connectivity index (χ1) is 18.8. The molecule has 1 saturated heterocycles. The number of hydrogen-bond donors (Lipinski definition) is 2. The molecule has 0 aliphatic carbocycles. The van der Waals surface area contributed by atoms with E-state index in [1.807, 2.05) is 0 Å². The number of rotatable bonds is 9. The molecule has 0 aromatic heterocycles. The fourth-order valence-corrected chi connectivity index (χ4v) is 3.93. The topological polar surface area (TPSA) is 123 Å². The number of methoxy groups -OCH3 is 1. The van der Waals surface area contributed by atoms with Crippen LogP contribution >= 0.6 is 15.9 Å². The average Bonchev–Trinajstić information content (AvgIpc) is 2.92. The predicted octanol–water partition coefficient (Wildman–Crippen LogP) is 4.54. The number of benzene rings is 3. The monoisotopic (exact) mass is 593 g/mol. The molecule has 0 atom stereocenters. The SMILES string of the molecule is CCOc1cc(/C=C2\C(=O)NC(=O)N(c3ccc(Br)cc3)C2=O)ccc1OCC(=O)Nc1ccc(OC)cc1. The Bertz CT molecular complexity index is 1440. The minimum Gasteiger partial charge on any atom is -0.497 e. The van der Waals surface area contributed by atoms with Gasteiger partial charge in [0.1, 0.15) is 11.3 Å². The molecule has 4 rings (SSSR count). The Morgan fingerprint density at radius 3 is 2.36 bits per heavy atom. The van der Waals surface area contributed by atoms with Crippen LogP contribution in [0.25, 0.3) is 6.08 Å². The molecule has 1 heterocycles. The lowest BCUT2D eigenvalue weighted by molar-refractivity contribution is -0.122. The number of nitrogens with one attached hydrogen (secondary N) is 2. The highest BCUT2D eigenvalue weighted by atomic mass is 79.9. The number of carbonyl (C=O) groups is 4. The molecule has 0 radical (unpaired) electrons. The Morgan fingerprint density at radius 2 is 1.69 bits per heavy atom. The molecule has 200 valence electrons. The van der Waals surface area contributed by atoms with Crippen molar-refractivity contribution in [3.05, 3.63) is 82.3 Å². The van der Waals surface area contributed by atoms with Crippen LogP contribution in [-0.4, -0.2) is 44.1 Å². The molecule has 0 unspecified atom stereocenters. The molecule has 2 N–H and O–H groups in total. The van der Waals surface area contributed by atoms with E-state index in [0.717, 1.165) is 9.37 Å². The van der Waals surface area contributed by atoms with Crippen molar-refractivity contribution in [3.8, 4) is 17.2 Å². The zero-order valence-corrected chi connectivity index (χ0v) is 22.6. The van der Waals surface area contributed by atoms with Crippen LogP contribution in [0.2, 0.25) is 0 Å². The third-order valence-corrected chi connectivity index (χ3v) is 6.03. The number of hydrogen-bond acceptors (Lipinski definition) is 7. The van der Waals surface area contributed by atoms with Gasteiger partial charge in [-0.25, -0.2) is 9.69 Å². The van der Waals surface area contributed by atoms with E-state index in [4.69, 9.17) is 14.2 Å². The second-order valence-corrected chi connectivity index (χ2v) is 9.05. The second-order valence-electron chi connectivity index (χ2n) is 8.14. The molecular formula is C28H24BrN3O7. The summed E-state index contributed by atoms with van der Waals surface area (Å²) in [5, 5.41) is 4.92. The summed E-state index contributed by atoms with van der Waals surface area (Å²) < 4.78 is 17.2. The lowest BCUT2D eigenvalue weighted by atomic mass is 10.1. The summed E-state index contributed by atoms with van der Waals surface area (Å²) in [6.45, 7) is 1.81. The summed E-state index contributed by atoms with van der Waals surface area (Å²) >= 11 is 3.31. The summed E-state index contributed by atoms with van der Waals surface area (Å²) in [7, 11) is 1.56. The highest BCUT2D eigenvalue weighted by molar-refractivity contribution is 9.10. The zero-order chi connectivity index (χ0) is 27.9. The van der Waals surface area contributed by atoms with Crippen molar-refractivity contribution in [1.82, 2.24) is 5.32 Å². The number of carbonyl (C=O) groups excluding carboxylic acids is 4. The summed E-state index contributed by atoms with van der Waals surface area (Å²) in [6.07, 6.45) is 1.36. The van der Waals surface area contributed by atoms with Gasteiger partial charge in [-0.1, -0.05) is 22.0 Å². The Labute approximate surface area is 232 Å². The van der Waals surface area contributed by atoms with Gasteiger partial charge in [-0.15, -0.1) is 0 Å². The molecule has 10 nitrogen and oxygen atoms in total. The van der Waals surface area contributed by atoms with Crippen molar-refractivity contribution in [1.29, 1.82) is 0 Å². The Hall–Kier alpha value is -4.64. The Balaban J connectivity index is 1.51. The number of anilines is 2. The molecule has 0 bridgehead atoms. The molecule has 1 aliphatic heterocycles. The maximum Gasteiger partial charge on any atom is 0.335 e. The van der Waals surface area contributed by atoms with Crippen LogP contribution in [0.4, 0.5) is 16.2 Å². The molecule has 5 amide bonds. The standard InChI is InChI=1S/C28H24BrN3O7/c1-3-38-24-15-17(4-13-23(24)39-16-25(33)30-19-7-11-21(37-2)12-8-19)14-22-26(34)31-28(36)32(27(22)35)20-9-5-18(29)6-10-20/h4-15H,3,16H2,1-2H3,(H,30,33)(H,31,34,36)/b22-14+. The van der Waals surface area contributed by atoms with E-state index in [-0.39, 0.29) is 18.1 Å². The fraction of sp³-hybridized carbons (Fsp3) is 0.143. The van der Waals surface area contributed by atoms with E-state index in [2.05, 4.69) is 26.6 Å². The van der Waals surface area contributed by atoms with Crippen molar-refractivity contribution in [2.75, 3.05) is 30.5 Å². The van der Waals surface area contributed by atoms with Gasteiger partial charge in [-0.05, 0) is 79.2 Å². The van der Waals surface area contributed by atoms with Crippen LogP contribution < -0.4 is 29.7 Å². The lowest BCUT2D eigenvalue weighted by Gasteiger charge is -2.26. The van der Waals surface area contributed by atoms with Crippen molar-refractivity contribution in [2.24, 2.45) is 0 Å². The van der Waals surface area contributed by atoms with E-state index >= 15 is 0 Å². The van der Waals surface area contributed by atoms with Crippen LogP contribution in [0.1, 0.15) is 12.5 Å². The van der Waals surface area contributed by atoms with E-state index in [9.17, 15) is 19.2 Å². The number of barbiturate groups is 1. The third kappa shape index (κ3) is 6.63. The van der Waals surface area contributed by atoms with Crippen LogP contribution in [-0.2, 0) is 14.4 Å². The molecule has 39 heavy (non-hydrogen) atoms. The van der Waals surface area contributed by atoms with Gasteiger partial charge >= 0.3 is 6.03 Å². The van der Waals surface area contributed by atoms with Gasteiger partial charge < -0.3 is 19.5 Å². The summed E-state index contributed by atoms with van der Waals surface area (Å²) in [5.41, 5.74) is 1.12. The Morgan fingerprint density at radius 1 is 0.974 bits per heavy atom. The van der Waals surface area contributed by atoms with Gasteiger partial charge in [-0.2, -0.15) is 0 Å². The maximum atomic E-state index is 13.1. The smallest absolute Gasteiger partial charge is 0.335 e. The number of imide groups is 2. The van der Waals surface area contributed by atoms with Gasteiger partial charge in [0.05, 0.1) is 19.4 Å². The van der Waals surface area contributed by atoms with E-state index in [0.29, 0.717) is 40.8 Å². The van der Waals surface area contributed by atoms with Crippen molar-refractivity contribution < 1.29 is 33.4 Å².